The number of nitriles is 1. The quantitative estimate of drug-likeness (QED) is 0.810. The molecule has 2 aromatic carbocycles. The molecule has 0 unspecified atom stereocenters. The molecule has 2 amide bonds. The van der Waals surface area contributed by atoms with Crippen LogP contribution in [0.2, 0.25) is 0 Å². The molecule has 6 nitrogen and oxygen atoms in total. The van der Waals surface area contributed by atoms with Gasteiger partial charge in [-0.2, -0.15) is 5.26 Å². The summed E-state index contributed by atoms with van der Waals surface area (Å²) in [5.41, 5.74) is 3.43. The Bertz CT molecular complexity index is 1020. The minimum atomic E-state index is -0.582. The van der Waals surface area contributed by atoms with Gasteiger partial charge in [-0.25, -0.2) is 0 Å². The largest absolute Gasteiger partial charge is 0.394 e. The van der Waals surface area contributed by atoms with Gasteiger partial charge in [-0.1, -0.05) is 42.8 Å². The second kappa shape index (κ2) is 8.52. The maximum Gasteiger partial charge on any atom is 0.253 e. The van der Waals surface area contributed by atoms with E-state index in [2.05, 4.69) is 6.07 Å². The molecule has 2 fully saturated rings. The third-order valence-electron chi connectivity index (χ3n) is 6.61. The monoisotopic (exact) mass is 417 g/mol. The number of carbonyl (C=O) groups excluding carboxylic acids is 2. The fourth-order valence-corrected chi connectivity index (χ4v) is 4.65. The van der Waals surface area contributed by atoms with Crippen molar-refractivity contribution in [2.45, 2.75) is 37.3 Å². The molecule has 1 saturated heterocycles. The predicted octanol–water partition coefficient (Wildman–Crippen LogP) is 3.03. The van der Waals surface area contributed by atoms with Gasteiger partial charge in [-0.15, -0.1) is 0 Å². The Balaban J connectivity index is 1.66. The molecule has 3 atom stereocenters. The Hall–Kier alpha value is -3.17. The minimum Gasteiger partial charge on any atom is -0.394 e. The fourth-order valence-electron chi connectivity index (χ4n) is 4.65. The molecule has 1 aliphatic carbocycles. The maximum absolute atomic E-state index is 12.9. The Morgan fingerprint density at radius 2 is 1.81 bits per heavy atom. The number of likely N-dealkylation sites (tertiary alicyclic amines) is 1. The molecule has 2 aliphatic rings. The lowest BCUT2D eigenvalue weighted by molar-refractivity contribution is -0.154. The molecular weight excluding hydrogens is 390 g/mol. The topological polar surface area (TPSA) is 84.6 Å². The van der Waals surface area contributed by atoms with Crippen LogP contribution in [0.3, 0.4) is 0 Å². The molecule has 4 rings (SSSR count). The molecule has 0 spiro atoms. The Labute approximate surface area is 182 Å². The normalized spacial score (nSPS) is 22.8. The zero-order valence-corrected chi connectivity index (χ0v) is 17.9. The van der Waals surface area contributed by atoms with Crippen LogP contribution in [0.25, 0.3) is 11.1 Å². The lowest BCUT2D eigenvalue weighted by Gasteiger charge is -2.53. The van der Waals surface area contributed by atoms with E-state index in [4.69, 9.17) is 0 Å². The van der Waals surface area contributed by atoms with E-state index in [1.165, 1.54) is 4.90 Å². The van der Waals surface area contributed by atoms with E-state index in [1.54, 1.807) is 31.1 Å². The standard InChI is InChI=1S/C25H27N3O3/c1-27(2)24(30)18-12-10-16(11-13-18)19-8-3-4-9-20(19)23-21(14-26)28(22(23)15-29)25(31)17-6-5-7-17/h3-4,8-13,17,21-23,29H,5-7,15H2,1-2H3/t21-,22+,23-/m1/s1. The van der Waals surface area contributed by atoms with E-state index in [9.17, 15) is 20.0 Å². The second-order valence-corrected chi connectivity index (χ2v) is 8.59. The van der Waals surface area contributed by atoms with Crippen LogP contribution in [0.15, 0.2) is 48.5 Å². The van der Waals surface area contributed by atoms with Crippen LogP contribution in [-0.2, 0) is 4.79 Å². The molecule has 0 radical (unpaired) electrons. The van der Waals surface area contributed by atoms with Gasteiger partial charge in [0.25, 0.3) is 5.91 Å². The number of rotatable bonds is 5. The van der Waals surface area contributed by atoms with E-state index in [1.807, 2.05) is 36.4 Å². The third-order valence-corrected chi connectivity index (χ3v) is 6.61. The molecule has 1 saturated carbocycles. The number of benzene rings is 2. The zero-order valence-electron chi connectivity index (χ0n) is 17.9. The first-order valence-corrected chi connectivity index (χ1v) is 10.7. The second-order valence-electron chi connectivity index (χ2n) is 8.59. The number of hydrogen-bond donors (Lipinski definition) is 1. The third kappa shape index (κ3) is 3.60. The van der Waals surface area contributed by atoms with E-state index in [0.717, 1.165) is 36.0 Å². The van der Waals surface area contributed by atoms with Crippen molar-refractivity contribution in [3.8, 4) is 17.2 Å². The first-order chi connectivity index (χ1) is 15.0. The van der Waals surface area contributed by atoms with Crippen LogP contribution in [0.1, 0.15) is 41.1 Å². The average molecular weight is 418 g/mol. The molecule has 6 heteroatoms. The van der Waals surface area contributed by atoms with Crippen LogP contribution in [0.5, 0.6) is 0 Å². The number of hydrogen-bond acceptors (Lipinski definition) is 4. The smallest absolute Gasteiger partial charge is 0.253 e. The molecule has 1 N–H and O–H groups in total. The van der Waals surface area contributed by atoms with E-state index >= 15 is 0 Å². The summed E-state index contributed by atoms with van der Waals surface area (Å²) in [6.07, 6.45) is 2.78. The summed E-state index contributed by atoms with van der Waals surface area (Å²) < 4.78 is 0. The summed E-state index contributed by atoms with van der Waals surface area (Å²) in [5, 5.41) is 20.0. The van der Waals surface area contributed by atoms with Gasteiger partial charge in [0.2, 0.25) is 5.91 Å². The highest BCUT2D eigenvalue weighted by molar-refractivity contribution is 5.94. The van der Waals surface area contributed by atoms with Crippen molar-refractivity contribution in [1.29, 1.82) is 5.26 Å². The van der Waals surface area contributed by atoms with Gasteiger partial charge in [-0.05, 0) is 41.7 Å². The van der Waals surface area contributed by atoms with Gasteiger partial charge in [0, 0.05) is 31.5 Å². The number of aliphatic hydroxyl groups is 1. The van der Waals surface area contributed by atoms with Crippen LogP contribution in [0, 0.1) is 17.2 Å². The van der Waals surface area contributed by atoms with Gasteiger partial charge in [0.15, 0.2) is 0 Å². The summed E-state index contributed by atoms with van der Waals surface area (Å²) in [7, 11) is 3.44. The molecule has 160 valence electrons. The van der Waals surface area contributed by atoms with Crippen molar-refractivity contribution in [2.24, 2.45) is 5.92 Å². The highest BCUT2D eigenvalue weighted by Crippen LogP contribution is 2.46. The Morgan fingerprint density at radius 3 is 2.35 bits per heavy atom. The van der Waals surface area contributed by atoms with Crippen molar-refractivity contribution in [2.75, 3.05) is 20.7 Å². The van der Waals surface area contributed by atoms with E-state index < -0.39 is 12.1 Å². The average Bonchev–Trinajstić information content (AvgIpc) is 2.72. The van der Waals surface area contributed by atoms with E-state index in [-0.39, 0.29) is 30.3 Å². The summed E-state index contributed by atoms with van der Waals surface area (Å²) in [6.45, 7) is -0.175. The molecule has 1 aliphatic heterocycles. The van der Waals surface area contributed by atoms with E-state index in [0.29, 0.717) is 5.56 Å². The molecule has 0 aromatic heterocycles. The van der Waals surface area contributed by atoms with Crippen molar-refractivity contribution in [3.63, 3.8) is 0 Å². The number of nitrogens with zero attached hydrogens (tertiary/aromatic N) is 3. The van der Waals surface area contributed by atoms with Crippen LogP contribution < -0.4 is 0 Å². The first-order valence-electron chi connectivity index (χ1n) is 10.7. The number of carbonyl (C=O) groups is 2. The predicted molar refractivity (Wildman–Crippen MR) is 117 cm³/mol. The van der Waals surface area contributed by atoms with Gasteiger partial charge in [0.1, 0.15) is 6.04 Å². The van der Waals surface area contributed by atoms with Crippen LogP contribution in [-0.4, -0.2) is 59.5 Å². The highest BCUT2D eigenvalue weighted by Gasteiger charge is 2.53. The highest BCUT2D eigenvalue weighted by atomic mass is 16.3. The zero-order chi connectivity index (χ0) is 22.1. The lowest BCUT2D eigenvalue weighted by atomic mass is 9.71. The summed E-state index contributed by atoms with van der Waals surface area (Å²) >= 11 is 0. The summed E-state index contributed by atoms with van der Waals surface area (Å²) in [4.78, 5) is 28.2. The van der Waals surface area contributed by atoms with Gasteiger partial charge in [-0.3, -0.25) is 9.59 Å². The van der Waals surface area contributed by atoms with Gasteiger partial charge >= 0.3 is 0 Å². The first kappa shape index (κ1) is 21.1. The Kier molecular flexibility index (Phi) is 5.79. The lowest BCUT2D eigenvalue weighted by Crippen LogP contribution is -2.66. The molecule has 1 heterocycles. The van der Waals surface area contributed by atoms with Gasteiger partial charge < -0.3 is 14.9 Å². The fraction of sp³-hybridized carbons (Fsp3) is 0.400. The minimum absolute atomic E-state index is 0.00266. The van der Waals surface area contributed by atoms with Crippen LogP contribution >= 0.6 is 0 Å². The molecule has 0 bridgehead atoms. The van der Waals surface area contributed by atoms with Gasteiger partial charge in [0.05, 0.1) is 18.7 Å². The summed E-state index contributed by atoms with van der Waals surface area (Å²) in [5.74, 6) is -0.327. The van der Waals surface area contributed by atoms with Crippen molar-refractivity contribution in [1.82, 2.24) is 9.80 Å². The maximum atomic E-state index is 12.9. The summed E-state index contributed by atoms with van der Waals surface area (Å²) in [6, 6.07) is 16.5. The Morgan fingerprint density at radius 1 is 1.13 bits per heavy atom. The number of aliphatic hydroxyl groups excluding tert-OH is 1. The SMILES string of the molecule is CN(C)C(=O)c1ccc(-c2ccccc2[C@@H]2[C@@H](C#N)N(C(=O)C3CCC3)[C@H]2CO)cc1. The number of amides is 2. The van der Waals surface area contributed by atoms with Crippen LogP contribution in [0.4, 0.5) is 0 Å². The molecule has 2 aromatic rings. The van der Waals surface area contributed by atoms with Crippen molar-refractivity contribution >= 4 is 11.8 Å². The van der Waals surface area contributed by atoms with Crippen molar-refractivity contribution < 1.29 is 14.7 Å². The molecular formula is C25H27N3O3. The van der Waals surface area contributed by atoms with Crippen molar-refractivity contribution in [3.05, 3.63) is 59.7 Å². The molecule has 31 heavy (non-hydrogen) atoms.